The molecule has 3 nitrogen and oxygen atoms in total. The fourth-order valence-corrected chi connectivity index (χ4v) is 3.76. The van der Waals surface area contributed by atoms with Crippen LogP contribution in [0.25, 0.3) is 21.2 Å². The number of hydrogen-bond acceptors (Lipinski definition) is 4. The molecule has 2 heterocycles. The number of thiophene rings is 1. The van der Waals surface area contributed by atoms with Gasteiger partial charge in [0.05, 0.1) is 11.0 Å². The molecule has 0 saturated carbocycles. The van der Waals surface area contributed by atoms with Crippen LogP contribution in [0.5, 0.6) is 5.75 Å². The van der Waals surface area contributed by atoms with Gasteiger partial charge in [0.25, 0.3) is 0 Å². The van der Waals surface area contributed by atoms with Crippen LogP contribution in [0.2, 0.25) is 0 Å². The fraction of sp³-hybridized carbons (Fsp3) is 0.143. The Kier molecular flexibility index (Phi) is 5.18. The number of rotatable bonds is 7. The van der Waals surface area contributed by atoms with Gasteiger partial charge in [0, 0.05) is 29.4 Å². The number of hydrogen-bond donors (Lipinski definition) is 1. The Morgan fingerprint density at radius 1 is 1.04 bits per heavy atom. The largest absolute Gasteiger partial charge is 0.492 e. The van der Waals surface area contributed by atoms with Crippen molar-refractivity contribution < 1.29 is 17.9 Å². The van der Waals surface area contributed by atoms with Gasteiger partial charge >= 0.3 is 0 Å². The van der Waals surface area contributed by atoms with E-state index in [1.54, 1.807) is 29.9 Å². The third kappa shape index (κ3) is 4.02. The minimum Gasteiger partial charge on any atom is -0.492 e. The molecule has 0 spiro atoms. The molecular weight excluding hydrogens is 368 g/mol. The smallest absolute Gasteiger partial charge is 0.159 e. The first kappa shape index (κ1) is 17.7. The quantitative estimate of drug-likeness (QED) is 0.420. The molecule has 27 heavy (non-hydrogen) atoms. The van der Waals surface area contributed by atoms with Crippen molar-refractivity contribution in [1.29, 1.82) is 0 Å². The first-order chi connectivity index (χ1) is 13.2. The predicted molar refractivity (Wildman–Crippen MR) is 103 cm³/mol. The van der Waals surface area contributed by atoms with Gasteiger partial charge in [0.15, 0.2) is 11.6 Å². The second-order valence-corrected chi connectivity index (χ2v) is 7.01. The Hall–Kier alpha value is -2.70. The van der Waals surface area contributed by atoms with Crippen LogP contribution in [0.1, 0.15) is 5.56 Å². The number of furan rings is 1. The Balaban J connectivity index is 1.31. The minimum absolute atomic E-state index is 0.452. The average Bonchev–Trinajstić information content (AvgIpc) is 3.28. The summed E-state index contributed by atoms with van der Waals surface area (Å²) in [5.41, 5.74) is 2.90. The summed E-state index contributed by atoms with van der Waals surface area (Å²) in [6, 6.07) is 11.8. The second kappa shape index (κ2) is 7.90. The number of ether oxygens (including phenoxy) is 1. The summed E-state index contributed by atoms with van der Waals surface area (Å²) in [5, 5.41) is 6.37. The number of halogens is 2. The Morgan fingerprint density at radius 2 is 1.96 bits per heavy atom. The normalized spacial score (nSPS) is 11.2. The van der Waals surface area contributed by atoms with E-state index in [-0.39, 0.29) is 0 Å². The number of benzene rings is 2. The molecule has 0 saturated heterocycles. The van der Waals surface area contributed by atoms with Crippen LogP contribution >= 0.6 is 11.3 Å². The van der Waals surface area contributed by atoms with Crippen LogP contribution in [0, 0.1) is 11.6 Å². The molecule has 0 amide bonds. The zero-order valence-corrected chi connectivity index (χ0v) is 15.2. The van der Waals surface area contributed by atoms with Gasteiger partial charge in [-0.2, -0.15) is 0 Å². The summed E-state index contributed by atoms with van der Waals surface area (Å²) in [6.07, 6.45) is 3.51. The molecule has 0 aliphatic heterocycles. The highest BCUT2D eigenvalue weighted by Crippen LogP contribution is 2.35. The molecular formula is C21H17F2NO2S. The monoisotopic (exact) mass is 385 g/mol. The maximum atomic E-state index is 13.2. The van der Waals surface area contributed by atoms with Gasteiger partial charge in [-0.3, -0.25) is 0 Å². The first-order valence-electron chi connectivity index (χ1n) is 8.52. The van der Waals surface area contributed by atoms with E-state index in [4.69, 9.17) is 9.15 Å². The maximum Gasteiger partial charge on any atom is 0.159 e. The third-order valence-electron chi connectivity index (χ3n) is 4.23. The molecule has 138 valence electrons. The van der Waals surface area contributed by atoms with Crippen molar-refractivity contribution in [2.24, 2.45) is 0 Å². The lowest BCUT2D eigenvalue weighted by atomic mass is 10.1. The van der Waals surface area contributed by atoms with Crippen LogP contribution in [0.4, 0.5) is 8.78 Å². The van der Waals surface area contributed by atoms with Gasteiger partial charge in [0.2, 0.25) is 0 Å². The van der Waals surface area contributed by atoms with Gasteiger partial charge in [0.1, 0.15) is 18.6 Å². The molecule has 6 heteroatoms. The summed E-state index contributed by atoms with van der Waals surface area (Å²) in [6.45, 7) is 1.51. The second-order valence-electron chi connectivity index (χ2n) is 6.10. The summed E-state index contributed by atoms with van der Waals surface area (Å²) in [7, 11) is 0. The Labute approximate surface area is 159 Å². The summed E-state index contributed by atoms with van der Waals surface area (Å²) >= 11 is 1.65. The van der Waals surface area contributed by atoms with Crippen LogP contribution in [0.3, 0.4) is 0 Å². The molecule has 0 atom stereocenters. The van der Waals surface area contributed by atoms with E-state index >= 15 is 0 Å². The molecule has 0 aliphatic carbocycles. The molecule has 0 aliphatic rings. The van der Waals surface area contributed by atoms with Gasteiger partial charge in [-0.05, 0) is 35.4 Å². The molecule has 2 aromatic heterocycles. The van der Waals surface area contributed by atoms with Crippen molar-refractivity contribution in [1.82, 2.24) is 5.32 Å². The zero-order valence-electron chi connectivity index (χ0n) is 14.4. The molecule has 0 radical (unpaired) electrons. The number of fused-ring (bicyclic) bond motifs is 1. The van der Waals surface area contributed by atoms with Crippen LogP contribution in [0.15, 0.2) is 64.8 Å². The van der Waals surface area contributed by atoms with E-state index in [2.05, 4.69) is 10.7 Å². The van der Waals surface area contributed by atoms with Crippen LogP contribution in [-0.4, -0.2) is 13.2 Å². The van der Waals surface area contributed by atoms with Crippen molar-refractivity contribution in [2.45, 2.75) is 6.54 Å². The highest BCUT2D eigenvalue weighted by atomic mass is 32.1. The molecule has 4 rings (SSSR count). The van der Waals surface area contributed by atoms with Crippen molar-refractivity contribution in [3.05, 3.63) is 77.6 Å². The van der Waals surface area contributed by atoms with Crippen LogP contribution < -0.4 is 10.1 Å². The van der Waals surface area contributed by atoms with E-state index in [9.17, 15) is 8.78 Å². The van der Waals surface area contributed by atoms with E-state index in [1.807, 2.05) is 24.3 Å². The van der Waals surface area contributed by atoms with Gasteiger partial charge < -0.3 is 14.5 Å². The van der Waals surface area contributed by atoms with Crippen molar-refractivity contribution in [3.8, 4) is 16.9 Å². The lowest BCUT2D eigenvalue weighted by molar-refractivity contribution is 0.313. The Morgan fingerprint density at radius 3 is 2.85 bits per heavy atom. The summed E-state index contributed by atoms with van der Waals surface area (Å²) in [4.78, 5) is 0. The third-order valence-corrected chi connectivity index (χ3v) is 5.15. The van der Waals surface area contributed by atoms with Gasteiger partial charge in [-0.15, -0.1) is 11.3 Å². The van der Waals surface area contributed by atoms with Gasteiger partial charge in [-0.25, -0.2) is 8.78 Å². The topological polar surface area (TPSA) is 34.4 Å². The SMILES string of the molecule is Fc1ccc(CNCCOc2cccc(-c3csc4cocc34)c2)cc1F. The highest BCUT2D eigenvalue weighted by Gasteiger charge is 2.09. The number of nitrogens with one attached hydrogen (secondary N) is 1. The predicted octanol–water partition coefficient (Wildman–Crippen LogP) is 5.61. The molecule has 1 N–H and O–H groups in total. The van der Waals surface area contributed by atoms with E-state index in [0.717, 1.165) is 33.0 Å². The lowest BCUT2D eigenvalue weighted by Gasteiger charge is -2.09. The van der Waals surface area contributed by atoms with Crippen molar-refractivity contribution in [2.75, 3.05) is 13.2 Å². The standard InChI is InChI=1S/C21H17F2NO2S/c22-19-5-4-14(8-20(19)23)10-24-6-7-26-16-3-1-2-15(9-16)18-13-27-21-12-25-11-17(18)21/h1-5,8-9,11-13,24H,6-7,10H2. The molecule has 4 aromatic rings. The first-order valence-corrected chi connectivity index (χ1v) is 9.40. The molecule has 0 fully saturated rings. The van der Waals surface area contributed by atoms with Crippen molar-refractivity contribution in [3.63, 3.8) is 0 Å². The summed E-state index contributed by atoms with van der Waals surface area (Å²) in [5.74, 6) is -0.882. The maximum absolute atomic E-state index is 13.2. The molecule has 2 aromatic carbocycles. The average molecular weight is 385 g/mol. The van der Waals surface area contributed by atoms with Crippen molar-refractivity contribution >= 4 is 21.4 Å². The van der Waals surface area contributed by atoms with E-state index < -0.39 is 11.6 Å². The lowest BCUT2D eigenvalue weighted by Crippen LogP contribution is -2.20. The van der Waals surface area contributed by atoms with E-state index in [1.165, 1.54) is 6.07 Å². The highest BCUT2D eigenvalue weighted by molar-refractivity contribution is 7.17. The minimum atomic E-state index is -0.833. The Bertz CT molecular complexity index is 1060. The molecule has 0 unspecified atom stereocenters. The summed E-state index contributed by atoms with van der Waals surface area (Å²) < 4.78 is 38.3. The zero-order chi connectivity index (χ0) is 18.6. The van der Waals surface area contributed by atoms with Gasteiger partial charge in [-0.1, -0.05) is 18.2 Å². The van der Waals surface area contributed by atoms with E-state index in [0.29, 0.717) is 25.3 Å². The fourth-order valence-electron chi connectivity index (χ4n) is 2.86. The molecule has 0 bridgehead atoms. The van der Waals surface area contributed by atoms with Crippen LogP contribution in [-0.2, 0) is 6.54 Å².